The van der Waals surface area contributed by atoms with Gasteiger partial charge in [-0.05, 0) is 19.1 Å². The van der Waals surface area contributed by atoms with Gasteiger partial charge in [-0.3, -0.25) is 19.0 Å². The molecular formula is C17H16BrN3O5S. The Kier molecular flexibility index (Phi) is 5.56. The Bertz CT molecular complexity index is 1090. The van der Waals surface area contributed by atoms with Gasteiger partial charge >= 0.3 is 17.1 Å². The zero-order valence-electron chi connectivity index (χ0n) is 14.5. The van der Waals surface area contributed by atoms with Gasteiger partial charge in [0.2, 0.25) is 5.91 Å². The number of halogens is 1. The number of benzene rings is 1. The molecular weight excluding hydrogens is 438 g/mol. The van der Waals surface area contributed by atoms with E-state index < -0.39 is 23.1 Å². The minimum absolute atomic E-state index is 0.00663. The summed E-state index contributed by atoms with van der Waals surface area (Å²) >= 11 is 4.91. The van der Waals surface area contributed by atoms with Crippen LogP contribution in [0.2, 0.25) is 0 Å². The van der Waals surface area contributed by atoms with Gasteiger partial charge in [0.1, 0.15) is 0 Å². The van der Waals surface area contributed by atoms with Crippen molar-refractivity contribution in [2.45, 2.75) is 24.3 Å². The highest BCUT2D eigenvalue weighted by Crippen LogP contribution is 2.37. The average molecular weight is 454 g/mol. The fourth-order valence-electron chi connectivity index (χ4n) is 2.93. The van der Waals surface area contributed by atoms with Gasteiger partial charge in [-0.25, -0.2) is 4.79 Å². The molecule has 0 bridgehead atoms. The van der Waals surface area contributed by atoms with E-state index in [0.717, 1.165) is 15.4 Å². The number of H-pyrrole nitrogens is 1. The van der Waals surface area contributed by atoms with Crippen LogP contribution < -0.4 is 16.4 Å². The molecule has 1 aliphatic rings. The first kappa shape index (κ1) is 19.4. The molecule has 0 fully saturated rings. The largest absolute Gasteiger partial charge is 0.466 e. The second kappa shape index (κ2) is 7.73. The van der Waals surface area contributed by atoms with E-state index in [1.165, 1.54) is 23.4 Å². The second-order valence-corrected chi connectivity index (χ2v) is 7.97. The van der Waals surface area contributed by atoms with Crippen LogP contribution in [0.3, 0.4) is 0 Å². The Balaban J connectivity index is 1.95. The van der Waals surface area contributed by atoms with Gasteiger partial charge in [0.15, 0.2) is 0 Å². The lowest BCUT2D eigenvalue weighted by Crippen LogP contribution is -2.41. The maximum absolute atomic E-state index is 12.5. The van der Waals surface area contributed by atoms with Crippen LogP contribution in [0.4, 0.5) is 0 Å². The first-order valence-electron chi connectivity index (χ1n) is 7.97. The Morgan fingerprint density at radius 3 is 2.89 bits per heavy atom. The Morgan fingerprint density at radius 1 is 1.44 bits per heavy atom. The normalized spacial score (nSPS) is 16.3. The molecule has 0 aliphatic carbocycles. The average Bonchev–Trinajstić information content (AvgIpc) is 2.59. The molecule has 8 nitrogen and oxygen atoms in total. The molecule has 2 heterocycles. The van der Waals surface area contributed by atoms with Gasteiger partial charge in [0.05, 0.1) is 24.2 Å². The third-order valence-corrected chi connectivity index (χ3v) is 5.66. The first-order valence-corrected chi connectivity index (χ1v) is 9.75. The van der Waals surface area contributed by atoms with E-state index in [1.807, 2.05) is 6.07 Å². The smallest absolute Gasteiger partial charge is 0.332 e. The van der Waals surface area contributed by atoms with Crippen molar-refractivity contribution in [1.29, 1.82) is 0 Å². The minimum Gasteiger partial charge on any atom is -0.466 e. The van der Waals surface area contributed by atoms with Crippen LogP contribution in [0.5, 0.6) is 0 Å². The third-order valence-electron chi connectivity index (χ3n) is 4.03. The highest BCUT2D eigenvalue weighted by atomic mass is 79.9. The molecule has 1 aliphatic heterocycles. The summed E-state index contributed by atoms with van der Waals surface area (Å²) in [7, 11) is 1.24. The molecule has 1 atom stereocenters. The number of hydrogen-bond donors (Lipinski definition) is 2. The van der Waals surface area contributed by atoms with Crippen LogP contribution in [-0.2, 0) is 14.3 Å². The number of methoxy groups -OCH3 is 1. The van der Waals surface area contributed by atoms with E-state index in [9.17, 15) is 19.2 Å². The SMILES string of the molecule is COC(=O)C=C(C)NC(=O)CC1CSc2cc(Br)cc3[nH]c(=O)c(=O)n1c23. The quantitative estimate of drug-likeness (QED) is 0.413. The van der Waals surface area contributed by atoms with E-state index in [2.05, 4.69) is 31.0 Å². The maximum atomic E-state index is 12.5. The maximum Gasteiger partial charge on any atom is 0.332 e. The van der Waals surface area contributed by atoms with Crippen LogP contribution >= 0.6 is 27.7 Å². The van der Waals surface area contributed by atoms with E-state index >= 15 is 0 Å². The molecule has 27 heavy (non-hydrogen) atoms. The molecule has 142 valence electrons. The fourth-order valence-corrected chi connectivity index (χ4v) is 4.73. The third kappa shape index (κ3) is 4.01. The summed E-state index contributed by atoms with van der Waals surface area (Å²) in [6, 6.07) is 3.12. The number of carbonyl (C=O) groups excluding carboxylic acids is 2. The van der Waals surface area contributed by atoms with Crippen molar-refractivity contribution in [1.82, 2.24) is 14.9 Å². The monoisotopic (exact) mass is 453 g/mol. The van der Waals surface area contributed by atoms with Gasteiger partial charge in [0, 0.05) is 33.3 Å². The number of esters is 1. The number of thioether (sulfide) groups is 1. The van der Waals surface area contributed by atoms with E-state index in [4.69, 9.17) is 0 Å². The minimum atomic E-state index is -0.731. The number of allylic oxidation sites excluding steroid dienone is 1. The topological polar surface area (TPSA) is 110 Å². The Morgan fingerprint density at radius 2 is 2.19 bits per heavy atom. The van der Waals surface area contributed by atoms with Crippen molar-refractivity contribution >= 4 is 50.6 Å². The number of aromatic amines is 1. The van der Waals surface area contributed by atoms with Crippen molar-refractivity contribution in [3.05, 3.63) is 49.1 Å². The van der Waals surface area contributed by atoms with Crippen molar-refractivity contribution in [3.63, 3.8) is 0 Å². The molecule has 10 heteroatoms. The molecule has 1 unspecified atom stereocenters. The molecule has 3 rings (SSSR count). The van der Waals surface area contributed by atoms with Gasteiger partial charge in [-0.15, -0.1) is 11.8 Å². The van der Waals surface area contributed by atoms with Crippen molar-refractivity contribution in [2.24, 2.45) is 0 Å². The molecule has 0 saturated heterocycles. The van der Waals surface area contributed by atoms with Crippen molar-refractivity contribution in [3.8, 4) is 0 Å². The number of aromatic nitrogens is 2. The molecule has 0 radical (unpaired) electrons. The highest BCUT2D eigenvalue weighted by Gasteiger charge is 2.27. The summed E-state index contributed by atoms with van der Waals surface area (Å²) in [5, 5.41) is 2.59. The van der Waals surface area contributed by atoms with Crippen molar-refractivity contribution in [2.75, 3.05) is 12.9 Å². The van der Waals surface area contributed by atoms with Crippen LogP contribution in [0.25, 0.3) is 11.0 Å². The molecule has 1 amide bonds. The Labute approximate surface area is 166 Å². The molecule has 0 spiro atoms. The van der Waals surface area contributed by atoms with Gasteiger partial charge in [-0.2, -0.15) is 0 Å². The van der Waals surface area contributed by atoms with E-state index in [-0.39, 0.29) is 12.3 Å². The summed E-state index contributed by atoms with van der Waals surface area (Å²) in [5.74, 6) is -0.470. The predicted molar refractivity (Wildman–Crippen MR) is 105 cm³/mol. The van der Waals surface area contributed by atoms with Crippen molar-refractivity contribution < 1.29 is 14.3 Å². The lowest BCUT2D eigenvalue weighted by atomic mass is 10.1. The Hall–Kier alpha value is -2.33. The molecule has 1 aromatic carbocycles. The number of hydrogen-bond acceptors (Lipinski definition) is 6. The number of nitrogens with zero attached hydrogens (tertiary/aromatic N) is 1. The number of ether oxygens (including phenoxy) is 1. The first-order chi connectivity index (χ1) is 12.8. The van der Waals surface area contributed by atoms with Crippen LogP contribution in [0.1, 0.15) is 19.4 Å². The summed E-state index contributed by atoms with van der Waals surface area (Å²) in [5.41, 5.74) is 0.0571. The zero-order chi connectivity index (χ0) is 19.7. The van der Waals surface area contributed by atoms with Gasteiger partial charge < -0.3 is 15.0 Å². The van der Waals surface area contributed by atoms with Gasteiger partial charge in [-0.1, -0.05) is 15.9 Å². The zero-order valence-corrected chi connectivity index (χ0v) is 16.9. The number of nitrogens with one attached hydrogen (secondary N) is 2. The summed E-state index contributed by atoms with van der Waals surface area (Å²) in [6.45, 7) is 1.56. The van der Waals surface area contributed by atoms with Crippen LogP contribution in [-0.4, -0.2) is 34.3 Å². The summed E-state index contributed by atoms with van der Waals surface area (Å²) in [6.07, 6.45) is 1.16. The molecule has 1 aromatic heterocycles. The highest BCUT2D eigenvalue weighted by molar-refractivity contribution is 9.10. The number of carbonyl (C=O) groups is 2. The summed E-state index contributed by atoms with van der Waals surface area (Å²) < 4.78 is 6.70. The van der Waals surface area contributed by atoms with Crippen LogP contribution in [0.15, 0.2) is 42.9 Å². The summed E-state index contributed by atoms with van der Waals surface area (Å²) in [4.78, 5) is 51.5. The van der Waals surface area contributed by atoms with Crippen LogP contribution in [0, 0.1) is 0 Å². The fraction of sp³-hybridized carbons (Fsp3) is 0.294. The number of amides is 1. The molecule has 2 aromatic rings. The predicted octanol–water partition coefficient (Wildman–Crippen LogP) is 1.68. The lowest BCUT2D eigenvalue weighted by Gasteiger charge is -2.26. The molecule has 0 saturated carbocycles. The van der Waals surface area contributed by atoms with Gasteiger partial charge in [0.25, 0.3) is 0 Å². The second-order valence-electron chi connectivity index (χ2n) is 6.00. The number of rotatable bonds is 4. The lowest BCUT2D eigenvalue weighted by molar-refractivity contribution is -0.134. The molecule has 2 N–H and O–H groups in total. The standard InChI is InChI=1S/C17H16BrN3O5S/c1-8(3-14(23)26-2)19-13(22)6-10-7-27-12-5-9(18)4-11-15(12)21(10)17(25)16(24)20-11/h3-5,10H,6-7H2,1-2H3,(H,19,22)(H,20,24). The van der Waals surface area contributed by atoms with E-state index in [1.54, 1.807) is 13.0 Å². The van der Waals surface area contributed by atoms with E-state index in [0.29, 0.717) is 22.5 Å².